The first kappa shape index (κ1) is 17.4. The third kappa shape index (κ3) is 4.74. The highest BCUT2D eigenvalue weighted by atomic mass is 16.2. The highest BCUT2D eigenvalue weighted by Gasteiger charge is 2.28. The van der Waals surface area contributed by atoms with Crippen LogP contribution in [0.1, 0.15) is 46.5 Å². The molecule has 0 aromatic carbocycles. The Morgan fingerprint density at radius 1 is 1.35 bits per heavy atom. The van der Waals surface area contributed by atoms with Crippen molar-refractivity contribution in [1.29, 1.82) is 0 Å². The van der Waals surface area contributed by atoms with E-state index >= 15 is 0 Å². The van der Waals surface area contributed by atoms with Crippen LogP contribution < -0.4 is 10.6 Å². The molecule has 0 saturated carbocycles. The minimum Gasteiger partial charge on any atom is -0.353 e. The van der Waals surface area contributed by atoms with Crippen LogP contribution in [0.25, 0.3) is 0 Å². The van der Waals surface area contributed by atoms with Crippen LogP contribution in [0.5, 0.6) is 0 Å². The van der Waals surface area contributed by atoms with E-state index in [0.717, 1.165) is 32.4 Å². The van der Waals surface area contributed by atoms with Gasteiger partial charge in [0, 0.05) is 12.6 Å². The number of piperidine rings is 1. The molecule has 0 bridgehead atoms. The van der Waals surface area contributed by atoms with Crippen LogP contribution in [0.4, 0.5) is 0 Å². The van der Waals surface area contributed by atoms with Gasteiger partial charge >= 0.3 is 0 Å². The molecule has 2 N–H and O–H groups in total. The van der Waals surface area contributed by atoms with Gasteiger partial charge in [0.05, 0.1) is 6.04 Å². The van der Waals surface area contributed by atoms with E-state index in [1.54, 1.807) is 0 Å². The monoisotopic (exact) mass is 283 g/mol. The molecule has 1 fully saturated rings. The Morgan fingerprint density at radius 2 is 2.00 bits per heavy atom. The Bertz CT molecular complexity index is 289. The van der Waals surface area contributed by atoms with Crippen molar-refractivity contribution in [2.24, 2.45) is 11.8 Å². The summed E-state index contributed by atoms with van der Waals surface area (Å²) in [6, 6.07) is 0.418. The minimum atomic E-state index is -0.00624. The smallest absolute Gasteiger partial charge is 0.237 e. The van der Waals surface area contributed by atoms with Crippen LogP contribution >= 0.6 is 0 Å². The van der Waals surface area contributed by atoms with Gasteiger partial charge in [0.1, 0.15) is 0 Å². The number of likely N-dealkylation sites (N-methyl/N-ethyl adjacent to an activating group) is 1. The van der Waals surface area contributed by atoms with Crippen LogP contribution in [0, 0.1) is 11.8 Å². The van der Waals surface area contributed by atoms with Crippen molar-refractivity contribution in [3.05, 3.63) is 0 Å². The number of nitrogens with zero attached hydrogens (tertiary/aromatic N) is 1. The summed E-state index contributed by atoms with van der Waals surface area (Å²) in [6.45, 7) is 8.35. The fourth-order valence-corrected chi connectivity index (χ4v) is 3.32. The lowest BCUT2D eigenvalue weighted by Crippen LogP contribution is -2.53. The maximum atomic E-state index is 12.3. The lowest BCUT2D eigenvalue weighted by atomic mass is 9.91. The third-order valence-corrected chi connectivity index (χ3v) is 4.79. The Balaban J connectivity index is 2.51. The Morgan fingerprint density at radius 3 is 2.50 bits per heavy atom. The zero-order chi connectivity index (χ0) is 15.1. The molecule has 0 spiro atoms. The van der Waals surface area contributed by atoms with Gasteiger partial charge in [0.2, 0.25) is 5.91 Å². The molecule has 20 heavy (non-hydrogen) atoms. The predicted octanol–water partition coefficient (Wildman–Crippen LogP) is 1.86. The van der Waals surface area contributed by atoms with E-state index in [4.69, 9.17) is 0 Å². The van der Waals surface area contributed by atoms with Crippen LogP contribution in [-0.4, -0.2) is 50.1 Å². The molecule has 3 atom stereocenters. The van der Waals surface area contributed by atoms with E-state index in [0.29, 0.717) is 17.9 Å². The average molecular weight is 283 g/mol. The van der Waals surface area contributed by atoms with Crippen LogP contribution in [0.15, 0.2) is 0 Å². The molecular formula is C16H33N3O. The van der Waals surface area contributed by atoms with E-state index in [-0.39, 0.29) is 11.9 Å². The zero-order valence-electron chi connectivity index (χ0n) is 13.9. The van der Waals surface area contributed by atoms with Crippen molar-refractivity contribution in [3.8, 4) is 0 Å². The molecule has 0 aliphatic carbocycles. The van der Waals surface area contributed by atoms with E-state index in [2.05, 4.69) is 50.4 Å². The highest BCUT2D eigenvalue weighted by molar-refractivity contribution is 5.82. The van der Waals surface area contributed by atoms with Gasteiger partial charge < -0.3 is 15.5 Å². The van der Waals surface area contributed by atoms with Gasteiger partial charge in [-0.2, -0.15) is 0 Å². The molecular weight excluding hydrogens is 250 g/mol. The second kappa shape index (κ2) is 8.63. The minimum absolute atomic E-state index is 0.00624. The van der Waals surface area contributed by atoms with Crippen molar-refractivity contribution < 1.29 is 4.79 Å². The van der Waals surface area contributed by atoms with Crippen molar-refractivity contribution in [1.82, 2.24) is 15.5 Å². The van der Waals surface area contributed by atoms with Crippen molar-refractivity contribution in [3.63, 3.8) is 0 Å². The number of amides is 1. The summed E-state index contributed by atoms with van der Waals surface area (Å²) >= 11 is 0. The summed E-state index contributed by atoms with van der Waals surface area (Å²) in [5.74, 6) is 1.26. The number of nitrogens with one attached hydrogen (secondary N) is 2. The zero-order valence-corrected chi connectivity index (χ0v) is 13.9. The Hall–Kier alpha value is -0.610. The predicted molar refractivity (Wildman–Crippen MR) is 84.7 cm³/mol. The molecule has 1 amide bonds. The van der Waals surface area contributed by atoms with Gasteiger partial charge in [-0.3, -0.25) is 4.79 Å². The van der Waals surface area contributed by atoms with Crippen molar-refractivity contribution in [2.45, 2.75) is 58.5 Å². The van der Waals surface area contributed by atoms with Crippen molar-refractivity contribution >= 4 is 5.91 Å². The van der Waals surface area contributed by atoms with E-state index in [1.807, 2.05) is 0 Å². The quantitative estimate of drug-likeness (QED) is 0.749. The normalized spacial score (nSPS) is 24.9. The summed E-state index contributed by atoms with van der Waals surface area (Å²) in [5.41, 5.74) is 0. The summed E-state index contributed by atoms with van der Waals surface area (Å²) in [4.78, 5) is 14.6. The van der Waals surface area contributed by atoms with Gasteiger partial charge in [-0.1, -0.05) is 33.6 Å². The maximum absolute atomic E-state index is 12.3. The lowest BCUT2D eigenvalue weighted by Gasteiger charge is -2.33. The molecule has 1 saturated heterocycles. The van der Waals surface area contributed by atoms with Crippen LogP contribution in [-0.2, 0) is 4.79 Å². The number of rotatable bonds is 7. The van der Waals surface area contributed by atoms with Gasteiger partial charge in [-0.15, -0.1) is 0 Å². The van der Waals surface area contributed by atoms with Gasteiger partial charge in [0.15, 0.2) is 0 Å². The molecule has 3 unspecified atom stereocenters. The van der Waals surface area contributed by atoms with Gasteiger partial charge in [-0.05, 0) is 45.3 Å². The van der Waals surface area contributed by atoms with Crippen LogP contribution in [0.3, 0.4) is 0 Å². The molecule has 4 heteroatoms. The fraction of sp³-hybridized carbons (Fsp3) is 0.938. The summed E-state index contributed by atoms with van der Waals surface area (Å²) in [7, 11) is 4.22. The van der Waals surface area contributed by atoms with E-state index in [1.165, 1.54) is 6.42 Å². The SMILES string of the molecule is CCC(CC)C(CNC(=O)C1NCCCC1C)N(C)C. The first-order valence-electron chi connectivity index (χ1n) is 8.18. The Labute approximate surface area is 124 Å². The Kier molecular flexibility index (Phi) is 7.52. The van der Waals surface area contributed by atoms with E-state index in [9.17, 15) is 4.79 Å². The maximum Gasteiger partial charge on any atom is 0.237 e. The van der Waals surface area contributed by atoms with Crippen LogP contribution in [0.2, 0.25) is 0 Å². The molecule has 118 valence electrons. The molecule has 1 aliphatic rings. The number of hydrogen-bond donors (Lipinski definition) is 2. The molecule has 0 aromatic rings. The molecule has 0 aromatic heterocycles. The first-order valence-corrected chi connectivity index (χ1v) is 8.18. The summed E-state index contributed by atoms with van der Waals surface area (Å²) < 4.78 is 0. The standard InChI is InChI=1S/C16H33N3O/c1-6-13(7-2)14(19(4)5)11-18-16(20)15-12(3)9-8-10-17-15/h12-15,17H,6-11H2,1-5H3,(H,18,20). The summed E-state index contributed by atoms with van der Waals surface area (Å²) in [6.07, 6.45) is 4.65. The molecule has 1 aliphatic heterocycles. The fourth-order valence-electron chi connectivity index (χ4n) is 3.32. The van der Waals surface area contributed by atoms with Gasteiger partial charge in [0.25, 0.3) is 0 Å². The largest absolute Gasteiger partial charge is 0.353 e. The average Bonchev–Trinajstić information content (AvgIpc) is 2.43. The highest BCUT2D eigenvalue weighted by Crippen LogP contribution is 2.18. The molecule has 0 radical (unpaired) electrons. The number of carbonyl (C=O) groups is 1. The second-order valence-corrected chi connectivity index (χ2v) is 6.40. The van der Waals surface area contributed by atoms with Crippen molar-refractivity contribution in [2.75, 3.05) is 27.2 Å². The first-order chi connectivity index (χ1) is 9.51. The second-order valence-electron chi connectivity index (χ2n) is 6.40. The lowest BCUT2D eigenvalue weighted by molar-refractivity contribution is -0.125. The summed E-state index contributed by atoms with van der Waals surface area (Å²) in [5, 5.41) is 6.52. The van der Waals surface area contributed by atoms with Gasteiger partial charge in [-0.25, -0.2) is 0 Å². The third-order valence-electron chi connectivity index (χ3n) is 4.79. The molecule has 1 heterocycles. The topological polar surface area (TPSA) is 44.4 Å². The number of hydrogen-bond acceptors (Lipinski definition) is 3. The molecule has 1 rings (SSSR count). The number of carbonyl (C=O) groups excluding carboxylic acids is 1. The van der Waals surface area contributed by atoms with E-state index < -0.39 is 0 Å². The molecule has 4 nitrogen and oxygen atoms in total.